The van der Waals surface area contributed by atoms with Crippen molar-refractivity contribution in [3.05, 3.63) is 11.8 Å². The summed E-state index contributed by atoms with van der Waals surface area (Å²) >= 11 is 0. The molecule has 1 heterocycles. The molecule has 4 heteroatoms. The first-order chi connectivity index (χ1) is 8.08. The Kier molecular flexibility index (Phi) is 5.19. The average molecular weight is 236 g/mol. The quantitative estimate of drug-likeness (QED) is 0.824. The highest BCUT2D eigenvalue weighted by molar-refractivity contribution is 5.45. The largest absolute Gasteiger partial charge is 0.354 e. The van der Waals surface area contributed by atoms with E-state index in [0.29, 0.717) is 6.04 Å². The zero-order valence-corrected chi connectivity index (χ0v) is 11.6. The number of aryl methyl sites for hydroxylation is 1. The molecule has 0 spiro atoms. The van der Waals surface area contributed by atoms with E-state index in [1.165, 1.54) is 0 Å². The lowest BCUT2D eigenvalue weighted by Crippen LogP contribution is -2.32. The molecule has 0 aliphatic heterocycles. The second-order valence-corrected chi connectivity index (χ2v) is 4.51. The van der Waals surface area contributed by atoms with Gasteiger partial charge in [-0.25, -0.2) is 4.98 Å². The topological polar surface area (TPSA) is 41.1 Å². The first kappa shape index (κ1) is 13.7. The summed E-state index contributed by atoms with van der Waals surface area (Å²) < 4.78 is 0. The lowest BCUT2D eigenvalue weighted by Gasteiger charge is -2.27. The fourth-order valence-corrected chi connectivity index (χ4v) is 1.81. The number of hydrogen-bond acceptors (Lipinski definition) is 4. The zero-order valence-electron chi connectivity index (χ0n) is 11.6. The van der Waals surface area contributed by atoms with Crippen molar-refractivity contribution < 1.29 is 0 Å². The van der Waals surface area contributed by atoms with Gasteiger partial charge in [0.2, 0.25) is 5.95 Å². The summed E-state index contributed by atoms with van der Waals surface area (Å²) in [5, 5.41) is 3.18. The van der Waals surface area contributed by atoms with E-state index in [0.717, 1.165) is 37.0 Å². The van der Waals surface area contributed by atoms with E-state index in [4.69, 9.17) is 0 Å². The molecule has 0 saturated heterocycles. The normalized spacial score (nSPS) is 10.7. The minimum Gasteiger partial charge on any atom is -0.354 e. The van der Waals surface area contributed by atoms with Gasteiger partial charge in [-0.2, -0.15) is 4.98 Å². The van der Waals surface area contributed by atoms with Crippen molar-refractivity contribution in [1.29, 1.82) is 0 Å². The fraction of sp³-hybridized carbons (Fsp3) is 0.692. The van der Waals surface area contributed by atoms with Gasteiger partial charge in [0.05, 0.1) is 0 Å². The van der Waals surface area contributed by atoms with Crippen LogP contribution in [-0.2, 0) is 0 Å². The van der Waals surface area contributed by atoms with Crippen LogP contribution in [0.5, 0.6) is 0 Å². The highest BCUT2D eigenvalue weighted by atomic mass is 15.2. The van der Waals surface area contributed by atoms with Gasteiger partial charge in [-0.3, -0.25) is 0 Å². The standard InChI is InChI=1S/C13H24N4/c1-6-8-17(10(3)4)12-9-11(5)15-13(16-12)14-7-2/h9-10H,6-8H2,1-5H3,(H,14,15,16). The molecule has 0 fully saturated rings. The molecule has 1 aromatic heterocycles. The Balaban J connectivity index is 3.00. The predicted molar refractivity (Wildman–Crippen MR) is 73.7 cm³/mol. The summed E-state index contributed by atoms with van der Waals surface area (Å²) in [6.45, 7) is 12.5. The van der Waals surface area contributed by atoms with Crippen molar-refractivity contribution in [2.45, 2.75) is 47.1 Å². The van der Waals surface area contributed by atoms with Gasteiger partial charge in [0.15, 0.2) is 0 Å². The van der Waals surface area contributed by atoms with Gasteiger partial charge in [0.25, 0.3) is 0 Å². The SMILES string of the molecule is CCCN(c1cc(C)nc(NCC)n1)C(C)C. The van der Waals surface area contributed by atoms with E-state index in [9.17, 15) is 0 Å². The minimum absolute atomic E-state index is 0.457. The van der Waals surface area contributed by atoms with Gasteiger partial charge in [-0.15, -0.1) is 0 Å². The van der Waals surface area contributed by atoms with Gasteiger partial charge in [0.1, 0.15) is 5.82 Å². The lowest BCUT2D eigenvalue weighted by atomic mass is 10.2. The maximum atomic E-state index is 4.57. The van der Waals surface area contributed by atoms with E-state index in [1.807, 2.05) is 6.92 Å². The Hall–Kier alpha value is -1.32. The maximum absolute atomic E-state index is 4.57. The van der Waals surface area contributed by atoms with E-state index in [2.05, 4.69) is 53.9 Å². The van der Waals surface area contributed by atoms with Crippen LogP contribution >= 0.6 is 0 Å². The lowest BCUT2D eigenvalue weighted by molar-refractivity contribution is 0.661. The van der Waals surface area contributed by atoms with E-state index < -0.39 is 0 Å². The van der Waals surface area contributed by atoms with Crippen LogP contribution in [0.2, 0.25) is 0 Å². The van der Waals surface area contributed by atoms with Gasteiger partial charge < -0.3 is 10.2 Å². The molecule has 0 amide bonds. The van der Waals surface area contributed by atoms with Crippen LogP contribution in [0.25, 0.3) is 0 Å². The van der Waals surface area contributed by atoms with Crippen molar-refractivity contribution in [3.8, 4) is 0 Å². The molecule has 0 atom stereocenters. The van der Waals surface area contributed by atoms with Crippen molar-refractivity contribution in [1.82, 2.24) is 9.97 Å². The Morgan fingerprint density at radius 3 is 2.53 bits per heavy atom. The van der Waals surface area contributed by atoms with E-state index >= 15 is 0 Å². The second-order valence-electron chi connectivity index (χ2n) is 4.51. The van der Waals surface area contributed by atoms with E-state index in [1.54, 1.807) is 0 Å². The van der Waals surface area contributed by atoms with Crippen LogP contribution < -0.4 is 10.2 Å². The van der Waals surface area contributed by atoms with Crippen molar-refractivity contribution in [3.63, 3.8) is 0 Å². The van der Waals surface area contributed by atoms with E-state index in [-0.39, 0.29) is 0 Å². The van der Waals surface area contributed by atoms with Crippen LogP contribution in [0.4, 0.5) is 11.8 Å². The third-order valence-corrected chi connectivity index (χ3v) is 2.56. The molecule has 0 aliphatic carbocycles. The molecule has 4 nitrogen and oxygen atoms in total. The number of nitrogens with one attached hydrogen (secondary N) is 1. The van der Waals surface area contributed by atoms with Crippen LogP contribution in [-0.4, -0.2) is 29.1 Å². The molecular weight excluding hydrogens is 212 g/mol. The predicted octanol–water partition coefficient (Wildman–Crippen LogP) is 2.84. The summed E-state index contributed by atoms with van der Waals surface area (Å²) in [5.74, 6) is 1.74. The first-order valence-corrected chi connectivity index (χ1v) is 6.44. The molecule has 0 aromatic carbocycles. The van der Waals surface area contributed by atoms with Crippen LogP contribution in [0.1, 0.15) is 39.8 Å². The Morgan fingerprint density at radius 1 is 1.29 bits per heavy atom. The number of nitrogens with zero attached hydrogens (tertiary/aromatic N) is 3. The van der Waals surface area contributed by atoms with Crippen molar-refractivity contribution in [2.75, 3.05) is 23.3 Å². The Bertz CT molecular complexity index is 349. The molecule has 0 aliphatic rings. The highest BCUT2D eigenvalue weighted by Gasteiger charge is 2.12. The number of aromatic nitrogens is 2. The van der Waals surface area contributed by atoms with Gasteiger partial charge >= 0.3 is 0 Å². The summed E-state index contributed by atoms with van der Waals surface area (Å²) in [6, 6.07) is 2.51. The number of rotatable bonds is 6. The molecule has 1 rings (SSSR count). The maximum Gasteiger partial charge on any atom is 0.224 e. The second kappa shape index (κ2) is 6.42. The average Bonchev–Trinajstić information content (AvgIpc) is 2.25. The fourth-order valence-electron chi connectivity index (χ4n) is 1.81. The summed E-state index contributed by atoms with van der Waals surface area (Å²) in [4.78, 5) is 11.3. The molecule has 96 valence electrons. The third-order valence-electron chi connectivity index (χ3n) is 2.56. The minimum atomic E-state index is 0.457. The smallest absolute Gasteiger partial charge is 0.224 e. The van der Waals surface area contributed by atoms with Gasteiger partial charge in [-0.05, 0) is 34.1 Å². The molecule has 1 N–H and O–H groups in total. The molecule has 0 saturated carbocycles. The number of anilines is 2. The summed E-state index contributed by atoms with van der Waals surface area (Å²) in [6.07, 6.45) is 1.12. The molecule has 0 radical (unpaired) electrons. The molecule has 1 aromatic rings. The molecule has 0 unspecified atom stereocenters. The van der Waals surface area contributed by atoms with Crippen molar-refractivity contribution >= 4 is 11.8 Å². The summed E-state index contributed by atoms with van der Waals surface area (Å²) in [7, 11) is 0. The molecular formula is C13H24N4. The van der Waals surface area contributed by atoms with Crippen LogP contribution in [0.15, 0.2) is 6.07 Å². The Labute approximate surface area is 104 Å². The van der Waals surface area contributed by atoms with Gasteiger partial charge in [0, 0.05) is 30.9 Å². The van der Waals surface area contributed by atoms with Crippen LogP contribution in [0.3, 0.4) is 0 Å². The molecule has 0 bridgehead atoms. The number of hydrogen-bond donors (Lipinski definition) is 1. The van der Waals surface area contributed by atoms with Gasteiger partial charge in [-0.1, -0.05) is 6.92 Å². The van der Waals surface area contributed by atoms with Crippen LogP contribution in [0, 0.1) is 6.92 Å². The third kappa shape index (κ3) is 3.88. The zero-order chi connectivity index (χ0) is 12.8. The first-order valence-electron chi connectivity index (χ1n) is 6.44. The van der Waals surface area contributed by atoms with Crippen molar-refractivity contribution in [2.24, 2.45) is 0 Å². The monoisotopic (exact) mass is 236 g/mol. The Morgan fingerprint density at radius 2 is 2.00 bits per heavy atom. The molecule has 17 heavy (non-hydrogen) atoms. The highest BCUT2D eigenvalue weighted by Crippen LogP contribution is 2.17. The summed E-state index contributed by atoms with van der Waals surface area (Å²) in [5.41, 5.74) is 1.01.